The normalized spacial score (nSPS) is 11.3. The first-order valence-corrected chi connectivity index (χ1v) is 11.7. The second-order valence-electron chi connectivity index (χ2n) is 7.58. The van der Waals surface area contributed by atoms with Gasteiger partial charge in [0, 0.05) is 17.8 Å². The Kier molecular flexibility index (Phi) is 7.63. The molecule has 0 radical (unpaired) electrons. The molecular formula is C25H26N2O5S. The minimum Gasteiger partial charge on any atom is -0.496 e. The number of nitrogens with zero attached hydrogens (tertiary/aromatic N) is 1. The highest BCUT2D eigenvalue weighted by atomic mass is 32.2. The lowest BCUT2D eigenvalue weighted by molar-refractivity contribution is -0.116. The third-order valence-electron chi connectivity index (χ3n) is 5.08. The molecule has 0 spiro atoms. The van der Waals surface area contributed by atoms with Crippen LogP contribution in [0.25, 0.3) is 0 Å². The van der Waals surface area contributed by atoms with Crippen LogP contribution in [0.1, 0.15) is 28.4 Å². The van der Waals surface area contributed by atoms with Crippen LogP contribution in [-0.4, -0.2) is 38.1 Å². The summed E-state index contributed by atoms with van der Waals surface area (Å²) in [4.78, 5) is 24.5. The van der Waals surface area contributed by atoms with Gasteiger partial charge in [-0.2, -0.15) is 4.31 Å². The molecule has 0 bridgehead atoms. The van der Waals surface area contributed by atoms with Crippen LogP contribution < -0.4 is 10.1 Å². The van der Waals surface area contributed by atoms with Crippen molar-refractivity contribution in [3.8, 4) is 5.75 Å². The van der Waals surface area contributed by atoms with Crippen molar-refractivity contribution in [2.45, 2.75) is 25.3 Å². The number of methoxy groups -OCH3 is 1. The number of carbonyl (C=O) groups is 2. The van der Waals surface area contributed by atoms with E-state index in [1.807, 2.05) is 18.2 Å². The molecule has 8 heteroatoms. The number of amides is 1. The summed E-state index contributed by atoms with van der Waals surface area (Å²) >= 11 is 0. The van der Waals surface area contributed by atoms with Gasteiger partial charge in [-0.15, -0.1) is 0 Å². The van der Waals surface area contributed by atoms with Crippen molar-refractivity contribution >= 4 is 27.4 Å². The lowest BCUT2D eigenvalue weighted by Crippen LogP contribution is -2.37. The van der Waals surface area contributed by atoms with Gasteiger partial charge in [-0.05, 0) is 55.3 Å². The fourth-order valence-corrected chi connectivity index (χ4v) is 4.82. The highest BCUT2D eigenvalue weighted by Gasteiger charge is 2.27. The fraction of sp³-hybridized carbons (Fsp3) is 0.200. The third-order valence-corrected chi connectivity index (χ3v) is 6.87. The molecule has 0 aromatic heterocycles. The summed E-state index contributed by atoms with van der Waals surface area (Å²) in [6.45, 7) is 2.82. The summed E-state index contributed by atoms with van der Waals surface area (Å²) in [5.41, 5.74) is 2.29. The zero-order valence-corrected chi connectivity index (χ0v) is 19.6. The summed E-state index contributed by atoms with van der Waals surface area (Å²) in [6, 6.07) is 20.2. The smallest absolute Gasteiger partial charge is 0.243 e. The monoisotopic (exact) mass is 466 g/mol. The molecule has 0 heterocycles. The molecule has 0 aliphatic carbocycles. The van der Waals surface area contributed by atoms with Crippen molar-refractivity contribution in [1.29, 1.82) is 0 Å². The Morgan fingerprint density at radius 1 is 0.970 bits per heavy atom. The number of ketones is 1. The van der Waals surface area contributed by atoms with Gasteiger partial charge in [0.2, 0.25) is 15.9 Å². The van der Waals surface area contributed by atoms with Crippen LogP contribution in [0.2, 0.25) is 0 Å². The van der Waals surface area contributed by atoms with Gasteiger partial charge in [0.1, 0.15) is 5.75 Å². The number of nitrogens with one attached hydrogen (secondary N) is 1. The van der Waals surface area contributed by atoms with Crippen molar-refractivity contribution in [2.24, 2.45) is 0 Å². The number of rotatable bonds is 9. The van der Waals surface area contributed by atoms with Crippen molar-refractivity contribution in [1.82, 2.24) is 4.31 Å². The van der Waals surface area contributed by atoms with Crippen molar-refractivity contribution < 1.29 is 22.7 Å². The molecule has 172 valence electrons. The van der Waals surface area contributed by atoms with Gasteiger partial charge in [-0.1, -0.05) is 42.5 Å². The molecule has 3 aromatic carbocycles. The third kappa shape index (κ3) is 6.06. The van der Waals surface area contributed by atoms with Crippen molar-refractivity contribution in [3.63, 3.8) is 0 Å². The largest absolute Gasteiger partial charge is 0.496 e. The van der Waals surface area contributed by atoms with E-state index in [0.717, 1.165) is 9.87 Å². The molecule has 0 atom stereocenters. The minimum atomic E-state index is -3.99. The van der Waals surface area contributed by atoms with Gasteiger partial charge in [-0.25, -0.2) is 8.42 Å². The molecule has 0 saturated heterocycles. The SMILES string of the molecule is COc1ccc(S(=O)(=O)N(CC(=O)Nc2cccc(C(C)=O)c2)Cc2ccccc2)cc1C. The summed E-state index contributed by atoms with van der Waals surface area (Å²) in [6.07, 6.45) is 0. The molecule has 0 saturated carbocycles. The molecular weight excluding hydrogens is 440 g/mol. The Balaban J connectivity index is 1.89. The first-order valence-electron chi connectivity index (χ1n) is 10.3. The molecule has 1 amide bonds. The number of anilines is 1. The Morgan fingerprint density at radius 3 is 2.33 bits per heavy atom. The number of ether oxygens (including phenoxy) is 1. The molecule has 0 aliphatic rings. The Labute approximate surface area is 194 Å². The van der Waals surface area contributed by atoms with E-state index in [1.54, 1.807) is 49.4 Å². The van der Waals surface area contributed by atoms with Gasteiger partial charge in [0.25, 0.3) is 0 Å². The van der Waals surface area contributed by atoms with Gasteiger partial charge in [-0.3, -0.25) is 9.59 Å². The molecule has 33 heavy (non-hydrogen) atoms. The van der Waals surface area contributed by atoms with Crippen molar-refractivity contribution in [2.75, 3.05) is 19.0 Å². The quantitative estimate of drug-likeness (QED) is 0.481. The predicted molar refractivity (Wildman–Crippen MR) is 127 cm³/mol. The maximum Gasteiger partial charge on any atom is 0.243 e. The molecule has 7 nitrogen and oxygen atoms in total. The highest BCUT2D eigenvalue weighted by Crippen LogP contribution is 2.25. The number of sulfonamides is 1. The number of hydrogen-bond acceptors (Lipinski definition) is 5. The van der Waals surface area contributed by atoms with Crippen LogP contribution in [0.5, 0.6) is 5.75 Å². The number of benzene rings is 3. The van der Waals surface area contributed by atoms with E-state index in [2.05, 4.69) is 5.32 Å². The molecule has 3 aromatic rings. The summed E-state index contributed by atoms with van der Waals surface area (Å²) in [7, 11) is -2.48. The lowest BCUT2D eigenvalue weighted by Gasteiger charge is -2.22. The lowest BCUT2D eigenvalue weighted by atomic mass is 10.1. The van der Waals surface area contributed by atoms with E-state index in [4.69, 9.17) is 4.74 Å². The number of aryl methyl sites for hydroxylation is 1. The molecule has 0 unspecified atom stereocenters. The average Bonchev–Trinajstić information content (AvgIpc) is 2.79. The fourth-order valence-electron chi connectivity index (χ4n) is 3.35. The van der Waals surface area contributed by atoms with Gasteiger partial charge >= 0.3 is 0 Å². The number of hydrogen-bond donors (Lipinski definition) is 1. The van der Waals surface area contributed by atoms with Gasteiger partial charge in [0.15, 0.2) is 5.78 Å². The predicted octanol–water partition coefficient (Wildman–Crippen LogP) is 4.04. The van der Waals surface area contributed by atoms with Gasteiger partial charge < -0.3 is 10.1 Å². The van der Waals surface area contributed by atoms with Crippen LogP contribution in [0.4, 0.5) is 5.69 Å². The molecule has 0 fully saturated rings. The van der Waals surface area contributed by atoms with Crippen molar-refractivity contribution in [3.05, 3.63) is 89.5 Å². The van der Waals surface area contributed by atoms with Gasteiger partial charge in [0.05, 0.1) is 18.6 Å². The van der Waals surface area contributed by atoms with Crippen LogP contribution in [0, 0.1) is 6.92 Å². The second kappa shape index (κ2) is 10.4. The van der Waals surface area contributed by atoms with E-state index in [0.29, 0.717) is 22.6 Å². The first kappa shape index (κ1) is 24.2. The maximum absolute atomic E-state index is 13.5. The highest BCUT2D eigenvalue weighted by molar-refractivity contribution is 7.89. The van der Waals surface area contributed by atoms with E-state index in [-0.39, 0.29) is 17.2 Å². The molecule has 0 aliphatic heterocycles. The first-order chi connectivity index (χ1) is 15.7. The van der Waals surface area contributed by atoms with Crippen LogP contribution in [0.15, 0.2) is 77.7 Å². The number of Topliss-reactive ketones (excluding diaryl/α,β-unsaturated/α-hetero) is 1. The minimum absolute atomic E-state index is 0.0230. The maximum atomic E-state index is 13.5. The summed E-state index contributed by atoms with van der Waals surface area (Å²) in [5, 5.41) is 2.69. The summed E-state index contributed by atoms with van der Waals surface area (Å²) < 4.78 is 33.3. The van der Waals surface area contributed by atoms with Crippen LogP contribution >= 0.6 is 0 Å². The second-order valence-corrected chi connectivity index (χ2v) is 9.51. The Morgan fingerprint density at radius 2 is 1.70 bits per heavy atom. The number of carbonyl (C=O) groups excluding carboxylic acids is 2. The summed E-state index contributed by atoms with van der Waals surface area (Å²) in [5.74, 6) is -0.0682. The van der Waals surface area contributed by atoms with E-state index < -0.39 is 22.5 Å². The zero-order chi connectivity index (χ0) is 24.0. The average molecular weight is 467 g/mol. The van der Waals surface area contributed by atoms with E-state index in [1.165, 1.54) is 26.2 Å². The Bertz CT molecular complexity index is 1260. The standard InChI is InChI=1S/C25H26N2O5S/c1-18-14-23(12-13-24(18)32-3)33(30,31)27(16-20-8-5-4-6-9-20)17-25(29)26-22-11-7-10-21(15-22)19(2)28/h4-15H,16-17H2,1-3H3,(H,26,29). The van der Waals surface area contributed by atoms with E-state index >= 15 is 0 Å². The topological polar surface area (TPSA) is 92.8 Å². The van der Waals surface area contributed by atoms with E-state index in [9.17, 15) is 18.0 Å². The Hall–Kier alpha value is -3.49. The zero-order valence-electron chi connectivity index (χ0n) is 18.7. The van der Waals surface area contributed by atoms with Crippen LogP contribution in [0.3, 0.4) is 0 Å². The molecule has 3 rings (SSSR count). The molecule has 1 N–H and O–H groups in total. The van der Waals surface area contributed by atoms with Crippen LogP contribution in [-0.2, 0) is 21.4 Å².